The molecule has 83 valence electrons. The van der Waals surface area contributed by atoms with Crippen molar-refractivity contribution in [3.8, 4) is 0 Å². The van der Waals surface area contributed by atoms with E-state index in [1.54, 1.807) is 0 Å². The van der Waals surface area contributed by atoms with Crippen LogP contribution in [-0.4, -0.2) is 28.9 Å². The van der Waals surface area contributed by atoms with Crippen LogP contribution in [0, 0.1) is 0 Å². The Morgan fingerprint density at radius 3 is 2.80 bits per heavy atom. The van der Waals surface area contributed by atoms with Gasteiger partial charge in [-0.3, -0.25) is 4.99 Å². The van der Waals surface area contributed by atoms with Crippen LogP contribution in [0.25, 0.3) is 0 Å². The summed E-state index contributed by atoms with van der Waals surface area (Å²) in [7, 11) is 0. The van der Waals surface area contributed by atoms with Gasteiger partial charge in [-0.05, 0) is 5.56 Å². The number of aliphatic imine (C=N–C) groups is 1. The molecule has 0 N–H and O–H groups in total. The minimum absolute atomic E-state index is 0. The molecule has 4 heteroatoms. The second-order valence-corrected chi connectivity index (χ2v) is 4.69. The molecule has 1 aromatic carbocycles. The van der Waals surface area contributed by atoms with Gasteiger partial charge in [0.25, 0.3) is 0 Å². The zero-order valence-corrected chi connectivity index (χ0v) is 11.2. The van der Waals surface area contributed by atoms with Crippen LogP contribution in [0.1, 0.15) is 11.6 Å². The minimum atomic E-state index is 0. The Kier molecular flexibility index (Phi) is 3.57. The van der Waals surface area contributed by atoms with Crippen LogP contribution in [0.2, 0.25) is 0 Å². The quantitative estimate of drug-likeness (QED) is 0.671. The van der Waals surface area contributed by atoms with E-state index in [0.717, 1.165) is 6.54 Å². The molecule has 0 amide bonds. The number of hydrogen-bond donors (Lipinski definition) is 0. The summed E-state index contributed by atoms with van der Waals surface area (Å²) in [6.07, 6.45) is 0. The first-order valence-electron chi connectivity index (χ1n) is 4.94. The monoisotopic (exact) mass is 401 g/mol. The topological polar surface area (TPSA) is 15.6 Å². The van der Waals surface area contributed by atoms with Crippen molar-refractivity contribution in [3.05, 3.63) is 35.9 Å². The van der Waals surface area contributed by atoms with Crippen LogP contribution in [0.15, 0.2) is 35.3 Å². The van der Waals surface area contributed by atoms with Crippen molar-refractivity contribution in [2.24, 2.45) is 4.99 Å². The van der Waals surface area contributed by atoms with Crippen molar-refractivity contribution < 1.29 is 22.4 Å². The molecule has 1 fully saturated rings. The average Bonchev–Trinajstić information content (AvgIpc) is 2.78. The fourth-order valence-electron chi connectivity index (χ4n) is 1.96. The predicted octanol–water partition coefficient (Wildman–Crippen LogP) is 2.14. The van der Waals surface area contributed by atoms with Crippen molar-refractivity contribution in [1.29, 1.82) is 0 Å². The summed E-state index contributed by atoms with van der Waals surface area (Å²) in [5.74, 6) is 1.21. The second kappa shape index (κ2) is 4.74. The molecule has 0 spiro atoms. The number of thioether (sulfide) groups is 1. The van der Waals surface area contributed by atoms with Gasteiger partial charge in [0, 0.05) is 41.2 Å². The molecule has 1 radical (unpaired) electrons. The third kappa shape index (κ3) is 2.16. The molecule has 3 rings (SSSR count). The van der Waals surface area contributed by atoms with Gasteiger partial charge in [0.05, 0.1) is 6.04 Å². The van der Waals surface area contributed by atoms with Gasteiger partial charge in [-0.1, -0.05) is 42.1 Å². The maximum Gasteiger partial charge on any atom is 0.160 e. The number of fused-ring (bicyclic) bond motifs is 1. The van der Waals surface area contributed by atoms with Crippen LogP contribution in [0.5, 0.6) is 0 Å². The molecule has 1 atom stereocenters. The van der Waals surface area contributed by atoms with E-state index < -0.39 is 0 Å². The van der Waals surface area contributed by atoms with Gasteiger partial charge >= 0.3 is 0 Å². The van der Waals surface area contributed by atoms with Gasteiger partial charge in [-0.25, -0.2) is 0 Å². The Bertz CT molecular complexity index is 366. The molecular formula is C11H12AuN2S. The van der Waals surface area contributed by atoms with Crippen LogP contribution < -0.4 is 0 Å². The van der Waals surface area contributed by atoms with Crippen molar-refractivity contribution >= 4 is 16.9 Å². The normalized spacial score (nSPS) is 23.3. The Morgan fingerprint density at radius 2 is 2.07 bits per heavy atom. The fraction of sp³-hybridized carbons (Fsp3) is 0.364. The predicted molar refractivity (Wildman–Crippen MR) is 60.6 cm³/mol. The van der Waals surface area contributed by atoms with Crippen LogP contribution >= 0.6 is 11.8 Å². The van der Waals surface area contributed by atoms with Crippen LogP contribution in [0.4, 0.5) is 0 Å². The van der Waals surface area contributed by atoms with E-state index in [1.807, 2.05) is 11.8 Å². The van der Waals surface area contributed by atoms with Gasteiger partial charge < -0.3 is 4.90 Å². The second-order valence-electron chi connectivity index (χ2n) is 3.63. The summed E-state index contributed by atoms with van der Waals surface area (Å²) in [4.78, 5) is 7.12. The summed E-state index contributed by atoms with van der Waals surface area (Å²) in [6, 6.07) is 10.9. The zero-order valence-electron chi connectivity index (χ0n) is 8.19. The van der Waals surface area contributed by atoms with E-state index in [0.29, 0.717) is 6.04 Å². The molecule has 0 bridgehead atoms. The number of benzene rings is 1. The van der Waals surface area contributed by atoms with Gasteiger partial charge in [0.2, 0.25) is 0 Å². The van der Waals surface area contributed by atoms with Crippen molar-refractivity contribution in [2.45, 2.75) is 6.04 Å². The van der Waals surface area contributed by atoms with Gasteiger partial charge in [-0.2, -0.15) is 0 Å². The van der Waals surface area contributed by atoms with Crippen molar-refractivity contribution in [1.82, 2.24) is 4.90 Å². The summed E-state index contributed by atoms with van der Waals surface area (Å²) >= 11 is 1.89. The number of hydrogen-bond acceptors (Lipinski definition) is 3. The van der Waals surface area contributed by atoms with Gasteiger partial charge in [-0.15, -0.1) is 0 Å². The van der Waals surface area contributed by atoms with Crippen LogP contribution in [0.3, 0.4) is 0 Å². The molecule has 2 heterocycles. The molecule has 2 aliphatic rings. The van der Waals surface area contributed by atoms with E-state index >= 15 is 0 Å². The molecule has 1 saturated heterocycles. The largest absolute Gasteiger partial charge is 0.348 e. The third-order valence-corrected chi connectivity index (χ3v) is 3.72. The number of amidine groups is 1. The maximum atomic E-state index is 4.73. The van der Waals surface area contributed by atoms with E-state index in [-0.39, 0.29) is 22.4 Å². The molecular weight excluding hydrogens is 389 g/mol. The third-order valence-electron chi connectivity index (χ3n) is 2.71. The Balaban J connectivity index is 0.000000853. The Labute approximate surface area is 110 Å². The van der Waals surface area contributed by atoms with Gasteiger partial charge in [0.1, 0.15) is 0 Å². The minimum Gasteiger partial charge on any atom is -0.348 e. The summed E-state index contributed by atoms with van der Waals surface area (Å²) in [5, 5.41) is 1.25. The molecule has 0 saturated carbocycles. The SMILES string of the molecule is [Au].c1ccc([C@H]2CN3CCSC3=N2)cc1. The molecule has 15 heavy (non-hydrogen) atoms. The molecule has 2 nitrogen and oxygen atoms in total. The molecule has 0 aromatic heterocycles. The smallest absolute Gasteiger partial charge is 0.160 e. The Hall–Kier alpha value is -0.220. The molecule has 1 aromatic rings. The number of nitrogens with zero attached hydrogens (tertiary/aromatic N) is 2. The van der Waals surface area contributed by atoms with Crippen LogP contribution in [-0.2, 0) is 22.4 Å². The van der Waals surface area contributed by atoms with Crippen molar-refractivity contribution in [2.75, 3.05) is 18.8 Å². The first-order chi connectivity index (χ1) is 6.93. The first-order valence-corrected chi connectivity index (χ1v) is 5.92. The summed E-state index contributed by atoms with van der Waals surface area (Å²) in [5.41, 5.74) is 1.34. The molecule has 0 aliphatic carbocycles. The fourth-order valence-corrected chi connectivity index (χ4v) is 3.00. The first kappa shape index (κ1) is 11.3. The van der Waals surface area contributed by atoms with Gasteiger partial charge in [0.15, 0.2) is 5.17 Å². The zero-order chi connectivity index (χ0) is 9.38. The Morgan fingerprint density at radius 1 is 1.27 bits per heavy atom. The number of rotatable bonds is 1. The van der Waals surface area contributed by atoms with Crippen molar-refractivity contribution in [3.63, 3.8) is 0 Å². The van der Waals surface area contributed by atoms with E-state index in [9.17, 15) is 0 Å². The van der Waals surface area contributed by atoms with E-state index in [4.69, 9.17) is 4.99 Å². The van der Waals surface area contributed by atoms with E-state index in [2.05, 4.69) is 35.2 Å². The average molecular weight is 401 g/mol. The molecule has 2 aliphatic heterocycles. The van der Waals surface area contributed by atoms with E-state index in [1.165, 1.54) is 23.0 Å². The summed E-state index contributed by atoms with van der Waals surface area (Å²) < 4.78 is 0. The molecule has 0 unspecified atom stereocenters. The standard InChI is InChI=1S/C11H12N2S.Au/c1-2-4-9(5-3-1)10-8-13-6-7-14-11(13)12-10;/h1-5,10H,6-8H2;/t10-;/m1./s1. The maximum absolute atomic E-state index is 4.73. The summed E-state index contributed by atoms with van der Waals surface area (Å²) in [6.45, 7) is 2.25.